The van der Waals surface area contributed by atoms with Gasteiger partial charge in [-0.1, -0.05) is 25.5 Å². The summed E-state index contributed by atoms with van der Waals surface area (Å²) in [6.07, 6.45) is 6.54. The number of fused-ring (bicyclic) bond motifs is 1. The first-order valence-corrected chi connectivity index (χ1v) is 6.01. The van der Waals surface area contributed by atoms with Crippen LogP contribution in [0.2, 0.25) is 0 Å². The van der Waals surface area contributed by atoms with E-state index < -0.39 is 11.6 Å². The van der Waals surface area contributed by atoms with Crippen molar-refractivity contribution in [2.75, 3.05) is 0 Å². The minimum atomic E-state index is -0.894. The van der Waals surface area contributed by atoms with E-state index in [4.69, 9.17) is 0 Å². The molecule has 2 unspecified atom stereocenters. The molecule has 16 heavy (non-hydrogen) atoms. The van der Waals surface area contributed by atoms with Crippen LogP contribution in [-0.2, 0) is 4.79 Å². The fourth-order valence-electron chi connectivity index (χ4n) is 2.95. The summed E-state index contributed by atoms with van der Waals surface area (Å²) >= 11 is 0. The predicted octanol–water partition coefficient (Wildman–Crippen LogP) is 3.61. The Hall–Kier alpha value is -0.920. The van der Waals surface area contributed by atoms with Gasteiger partial charge in [-0.25, -0.2) is 4.39 Å². The third-order valence-electron chi connectivity index (χ3n) is 4.51. The van der Waals surface area contributed by atoms with Crippen molar-refractivity contribution in [2.45, 2.75) is 46.2 Å². The first-order chi connectivity index (χ1) is 7.42. The fraction of sp³-hybridized carbons (Fsp3) is 0.643. The first-order valence-electron chi connectivity index (χ1n) is 6.01. The van der Waals surface area contributed by atoms with Gasteiger partial charge in [0.1, 0.15) is 6.17 Å². The Morgan fingerprint density at radius 3 is 2.81 bits per heavy atom. The highest BCUT2D eigenvalue weighted by molar-refractivity contribution is 6.01. The lowest BCUT2D eigenvalue weighted by Gasteiger charge is -2.48. The normalized spacial score (nSPS) is 42.9. The largest absolute Gasteiger partial charge is 0.290 e. The monoisotopic (exact) mass is 222 g/mol. The van der Waals surface area contributed by atoms with E-state index in [2.05, 4.69) is 0 Å². The van der Waals surface area contributed by atoms with E-state index in [0.29, 0.717) is 0 Å². The van der Waals surface area contributed by atoms with E-state index in [0.717, 1.165) is 24.8 Å². The minimum absolute atomic E-state index is 0.000207. The molecule has 2 heteroatoms. The molecule has 1 fully saturated rings. The standard InChI is InChI=1S/C14H19FO/c1-4-13(2)7-5-10-9-11(16)6-8-14(10,3)12(13)15/h6,8-9,12H,4-5,7H2,1-3H3/t12-,13?,14?/m1/s1. The molecule has 3 atom stereocenters. The van der Waals surface area contributed by atoms with E-state index >= 15 is 0 Å². The zero-order valence-electron chi connectivity index (χ0n) is 10.2. The Morgan fingerprint density at radius 1 is 1.50 bits per heavy atom. The van der Waals surface area contributed by atoms with Crippen LogP contribution in [0.15, 0.2) is 23.8 Å². The number of carbonyl (C=O) groups excluding carboxylic acids is 1. The second kappa shape index (κ2) is 3.54. The lowest BCUT2D eigenvalue weighted by atomic mass is 9.57. The Balaban J connectivity index is 2.41. The molecule has 0 heterocycles. The van der Waals surface area contributed by atoms with Crippen LogP contribution in [0.25, 0.3) is 0 Å². The highest BCUT2D eigenvalue weighted by Crippen LogP contribution is 2.54. The van der Waals surface area contributed by atoms with Gasteiger partial charge in [0, 0.05) is 5.41 Å². The van der Waals surface area contributed by atoms with Gasteiger partial charge in [0.25, 0.3) is 0 Å². The molecule has 1 saturated carbocycles. The van der Waals surface area contributed by atoms with Crippen LogP contribution in [0.4, 0.5) is 4.39 Å². The number of halogens is 1. The maximum absolute atomic E-state index is 14.7. The van der Waals surface area contributed by atoms with Crippen LogP contribution in [0.1, 0.15) is 40.0 Å². The summed E-state index contributed by atoms with van der Waals surface area (Å²) in [6.45, 7) is 5.98. The highest BCUT2D eigenvalue weighted by atomic mass is 19.1. The third-order valence-corrected chi connectivity index (χ3v) is 4.51. The van der Waals surface area contributed by atoms with Crippen molar-refractivity contribution in [2.24, 2.45) is 10.8 Å². The summed E-state index contributed by atoms with van der Waals surface area (Å²) in [7, 11) is 0. The number of ketones is 1. The summed E-state index contributed by atoms with van der Waals surface area (Å²) in [4.78, 5) is 11.3. The molecule has 2 aliphatic rings. The molecule has 88 valence electrons. The molecule has 0 radical (unpaired) electrons. The van der Waals surface area contributed by atoms with Gasteiger partial charge in [-0.2, -0.15) is 0 Å². The Morgan fingerprint density at radius 2 is 2.19 bits per heavy atom. The number of carbonyl (C=O) groups is 1. The van der Waals surface area contributed by atoms with Crippen molar-refractivity contribution >= 4 is 5.78 Å². The molecule has 2 rings (SSSR count). The SMILES string of the molecule is CCC1(C)CCC2=CC(=O)C=CC2(C)[C@@H]1F. The smallest absolute Gasteiger partial charge is 0.178 e. The molecule has 0 saturated heterocycles. The Bertz CT molecular complexity index is 382. The van der Waals surface area contributed by atoms with Crippen LogP contribution < -0.4 is 0 Å². The zero-order chi connectivity index (χ0) is 12.0. The quantitative estimate of drug-likeness (QED) is 0.662. The molecule has 2 aliphatic carbocycles. The number of alkyl halides is 1. The molecule has 1 nitrogen and oxygen atoms in total. The second-order valence-corrected chi connectivity index (χ2v) is 5.56. The van der Waals surface area contributed by atoms with Crippen LogP contribution in [0.3, 0.4) is 0 Å². The lowest BCUT2D eigenvalue weighted by molar-refractivity contribution is -0.111. The van der Waals surface area contributed by atoms with E-state index in [1.165, 1.54) is 6.08 Å². The maximum Gasteiger partial charge on any atom is 0.178 e. The fourth-order valence-corrected chi connectivity index (χ4v) is 2.95. The highest BCUT2D eigenvalue weighted by Gasteiger charge is 2.50. The van der Waals surface area contributed by atoms with E-state index in [1.807, 2.05) is 20.8 Å². The second-order valence-electron chi connectivity index (χ2n) is 5.56. The summed E-state index contributed by atoms with van der Waals surface area (Å²) in [6, 6.07) is 0. The molecule has 0 amide bonds. The average molecular weight is 222 g/mol. The van der Waals surface area contributed by atoms with Crippen molar-refractivity contribution in [3.05, 3.63) is 23.8 Å². The molecule has 0 aromatic heterocycles. The molecule has 0 N–H and O–H groups in total. The van der Waals surface area contributed by atoms with E-state index in [1.54, 1.807) is 12.2 Å². The molecular weight excluding hydrogens is 203 g/mol. The Kier molecular flexibility index (Phi) is 2.56. The van der Waals surface area contributed by atoms with Crippen molar-refractivity contribution in [3.63, 3.8) is 0 Å². The van der Waals surface area contributed by atoms with Gasteiger partial charge in [-0.3, -0.25) is 4.79 Å². The van der Waals surface area contributed by atoms with Crippen LogP contribution in [-0.4, -0.2) is 12.0 Å². The number of rotatable bonds is 1. The summed E-state index contributed by atoms with van der Waals surface area (Å²) in [5.41, 5.74) is 0.159. The number of hydrogen-bond acceptors (Lipinski definition) is 1. The van der Waals surface area contributed by atoms with Crippen LogP contribution in [0, 0.1) is 10.8 Å². The molecule has 0 bridgehead atoms. The summed E-state index contributed by atoms with van der Waals surface area (Å²) in [5, 5.41) is 0. The van der Waals surface area contributed by atoms with Gasteiger partial charge >= 0.3 is 0 Å². The minimum Gasteiger partial charge on any atom is -0.290 e. The summed E-state index contributed by atoms with van der Waals surface area (Å²) < 4.78 is 14.7. The third kappa shape index (κ3) is 1.47. The Labute approximate surface area is 96.4 Å². The van der Waals surface area contributed by atoms with Gasteiger partial charge in [-0.05, 0) is 43.8 Å². The predicted molar refractivity (Wildman–Crippen MR) is 62.9 cm³/mol. The topological polar surface area (TPSA) is 17.1 Å². The van der Waals surface area contributed by atoms with Gasteiger partial charge in [0.15, 0.2) is 5.78 Å². The average Bonchev–Trinajstić information content (AvgIpc) is 2.27. The number of allylic oxidation sites excluding steroid dienone is 4. The molecule has 0 aliphatic heterocycles. The van der Waals surface area contributed by atoms with Gasteiger partial charge in [-0.15, -0.1) is 0 Å². The number of hydrogen-bond donors (Lipinski definition) is 0. The molecular formula is C14H19FO. The van der Waals surface area contributed by atoms with E-state index in [-0.39, 0.29) is 11.2 Å². The van der Waals surface area contributed by atoms with Crippen LogP contribution in [0.5, 0.6) is 0 Å². The van der Waals surface area contributed by atoms with E-state index in [9.17, 15) is 9.18 Å². The lowest BCUT2D eigenvalue weighted by Crippen LogP contribution is -2.46. The summed E-state index contributed by atoms with van der Waals surface area (Å²) in [5.74, 6) is -0.000207. The molecule has 0 aromatic carbocycles. The first kappa shape index (κ1) is 11.6. The van der Waals surface area contributed by atoms with Crippen molar-refractivity contribution in [3.8, 4) is 0 Å². The van der Waals surface area contributed by atoms with Gasteiger partial charge in [0.05, 0.1) is 0 Å². The van der Waals surface area contributed by atoms with Crippen LogP contribution >= 0.6 is 0 Å². The van der Waals surface area contributed by atoms with Gasteiger partial charge in [0.2, 0.25) is 0 Å². The van der Waals surface area contributed by atoms with Gasteiger partial charge < -0.3 is 0 Å². The zero-order valence-corrected chi connectivity index (χ0v) is 10.2. The molecule has 0 spiro atoms. The van der Waals surface area contributed by atoms with Crippen molar-refractivity contribution in [1.29, 1.82) is 0 Å². The van der Waals surface area contributed by atoms with Crippen molar-refractivity contribution < 1.29 is 9.18 Å². The molecule has 0 aromatic rings. The maximum atomic E-state index is 14.7. The van der Waals surface area contributed by atoms with Crippen molar-refractivity contribution in [1.82, 2.24) is 0 Å².